The fourth-order valence-corrected chi connectivity index (χ4v) is 6.57. The number of aromatic hydroxyl groups is 1. The van der Waals surface area contributed by atoms with Crippen molar-refractivity contribution in [1.82, 2.24) is 4.90 Å². The van der Waals surface area contributed by atoms with Crippen molar-refractivity contribution < 1.29 is 40.9 Å². The van der Waals surface area contributed by atoms with Gasteiger partial charge in [-0.05, 0) is 128 Å². The average molecular weight is 650 g/mol. The van der Waals surface area contributed by atoms with Crippen LogP contribution in [0.3, 0.4) is 0 Å². The van der Waals surface area contributed by atoms with Crippen LogP contribution in [0, 0.1) is 11.6 Å². The van der Waals surface area contributed by atoms with Crippen LogP contribution in [0.1, 0.15) is 80.9 Å². The van der Waals surface area contributed by atoms with Gasteiger partial charge in [-0.1, -0.05) is 18.9 Å². The van der Waals surface area contributed by atoms with Crippen molar-refractivity contribution in [2.24, 2.45) is 0 Å². The van der Waals surface area contributed by atoms with E-state index in [1.54, 1.807) is 12.1 Å². The largest absolute Gasteiger partial charge is 0.508 e. The minimum absolute atomic E-state index is 0.00619. The van der Waals surface area contributed by atoms with E-state index in [1.807, 2.05) is 6.07 Å². The van der Waals surface area contributed by atoms with Gasteiger partial charge in [0.25, 0.3) is 0 Å². The number of alkyl halides is 5. The number of aryl methyl sites for hydroxylation is 1. The zero-order valence-corrected chi connectivity index (χ0v) is 25.7. The van der Waals surface area contributed by atoms with Gasteiger partial charge in [-0.15, -0.1) is 0 Å². The Hall–Kier alpha value is -2.24. The van der Waals surface area contributed by atoms with Crippen LogP contribution in [0.15, 0.2) is 36.4 Å². The second-order valence-corrected chi connectivity index (χ2v) is 12.5. The number of hydrogen-bond acceptors (Lipinski definition) is 4. The molecule has 0 atom stereocenters. The maximum absolute atomic E-state index is 14.1. The summed E-state index contributed by atoms with van der Waals surface area (Å²) >= 11 is 1.36. The second kappa shape index (κ2) is 17.5. The minimum atomic E-state index is -5.50. The predicted molar refractivity (Wildman–Crippen MR) is 163 cm³/mol. The quantitative estimate of drug-likeness (QED) is 0.125. The standard InChI is InChI=1S/C33H42F7NO2S/c34-26-20-25(21-27(35)23-26)29-10-5-8-24-22-28(43)11-12-30(24)31(29)9-3-1-2-4-14-41(16-17-42)15-7-19-44-18-6-13-32(36,37)33(38,39)40/h11-12,20-23,42-43H,1-10,13-19H2. The van der Waals surface area contributed by atoms with E-state index in [-0.39, 0.29) is 24.5 Å². The van der Waals surface area contributed by atoms with Crippen molar-refractivity contribution in [2.45, 2.75) is 82.7 Å². The van der Waals surface area contributed by atoms with Crippen molar-refractivity contribution in [3.63, 3.8) is 0 Å². The molecule has 3 nitrogen and oxygen atoms in total. The van der Waals surface area contributed by atoms with Crippen LogP contribution in [0.5, 0.6) is 5.75 Å². The fraction of sp³-hybridized carbons (Fsp3) is 0.576. The zero-order valence-electron chi connectivity index (χ0n) is 24.9. The maximum Gasteiger partial charge on any atom is 0.453 e. The van der Waals surface area contributed by atoms with E-state index in [2.05, 4.69) is 4.90 Å². The van der Waals surface area contributed by atoms with Gasteiger partial charge in [0.1, 0.15) is 17.4 Å². The lowest BCUT2D eigenvalue weighted by Gasteiger charge is -2.21. The first kappa shape index (κ1) is 36.2. The van der Waals surface area contributed by atoms with Gasteiger partial charge in [-0.25, -0.2) is 8.78 Å². The summed E-state index contributed by atoms with van der Waals surface area (Å²) in [5.74, 6) is -4.79. The van der Waals surface area contributed by atoms with Crippen LogP contribution >= 0.6 is 11.8 Å². The number of fused-ring (bicyclic) bond motifs is 1. The predicted octanol–water partition coefficient (Wildman–Crippen LogP) is 9.26. The first-order valence-electron chi connectivity index (χ1n) is 15.3. The number of nitrogens with zero attached hydrogens (tertiary/aromatic N) is 1. The number of thioether (sulfide) groups is 1. The topological polar surface area (TPSA) is 43.7 Å². The van der Waals surface area contributed by atoms with Crippen LogP contribution in [0.4, 0.5) is 30.7 Å². The van der Waals surface area contributed by atoms with Crippen LogP contribution in [0.2, 0.25) is 0 Å². The molecule has 0 saturated heterocycles. The average Bonchev–Trinajstić information content (AvgIpc) is 3.12. The van der Waals surface area contributed by atoms with E-state index >= 15 is 0 Å². The van der Waals surface area contributed by atoms with Crippen molar-refractivity contribution >= 4 is 22.9 Å². The minimum Gasteiger partial charge on any atom is -0.508 e. The Labute approximate surface area is 259 Å². The maximum atomic E-state index is 14.1. The van der Waals surface area contributed by atoms with Crippen LogP contribution in [0.25, 0.3) is 11.1 Å². The molecule has 2 N–H and O–H groups in total. The molecule has 1 aliphatic rings. The smallest absolute Gasteiger partial charge is 0.453 e. The summed E-state index contributed by atoms with van der Waals surface area (Å²) in [6.45, 7) is 2.00. The molecule has 0 fully saturated rings. The number of allylic oxidation sites excluding steroid dienone is 2. The summed E-state index contributed by atoms with van der Waals surface area (Å²) in [7, 11) is 0. The molecule has 3 rings (SSSR count). The highest BCUT2D eigenvalue weighted by atomic mass is 32.2. The highest BCUT2D eigenvalue weighted by Crippen LogP contribution is 2.41. The van der Waals surface area contributed by atoms with Crippen molar-refractivity contribution in [3.05, 3.63) is 64.7 Å². The molecule has 0 heterocycles. The highest BCUT2D eigenvalue weighted by Gasteiger charge is 2.56. The van der Waals surface area contributed by atoms with Gasteiger partial charge in [-0.3, -0.25) is 0 Å². The molecule has 44 heavy (non-hydrogen) atoms. The number of unbranched alkanes of at least 4 members (excludes halogenated alkanes) is 3. The van der Waals surface area contributed by atoms with Gasteiger partial charge in [0.15, 0.2) is 0 Å². The molecule has 0 aromatic heterocycles. The molecule has 2 aromatic rings. The lowest BCUT2D eigenvalue weighted by molar-refractivity contribution is -0.284. The van der Waals surface area contributed by atoms with Gasteiger partial charge in [0.2, 0.25) is 0 Å². The molecule has 0 aliphatic heterocycles. The van der Waals surface area contributed by atoms with Gasteiger partial charge in [0.05, 0.1) is 6.61 Å². The molecule has 0 bridgehead atoms. The van der Waals surface area contributed by atoms with Crippen LogP contribution in [-0.2, 0) is 6.42 Å². The Balaban J connectivity index is 1.46. The van der Waals surface area contributed by atoms with E-state index in [1.165, 1.54) is 23.9 Å². The first-order chi connectivity index (χ1) is 20.9. The second-order valence-electron chi connectivity index (χ2n) is 11.3. The summed E-state index contributed by atoms with van der Waals surface area (Å²) < 4.78 is 91.0. The highest BCUT2D eigenvalue weighted by molar-refractivity contribution is 7.99. The third-order valence-corrected chi connectivity index (χ3v) is 9.04. The van der Waals surface area contributed by atoms with Gasteiger partial charge < -0.3 is 15.1 Å². The molecular weight excluding hydrogens is 607 g/mol. The van der Waals surface area contributed by atoms with Gasteiger partial charge in [0, 0.05) is 19.0 Å². The molecule has 246 valence electrons. The number of rotatable bonds is 18. The summed E-state index contributed by atoms with van der Waals surface area (Å²) in [5.41, 5.74) is 4.60. The fourth-order valence-electron chi connectivity index (χ4n) is 5.68. The molecule has 0 saturated carbocycles. The number of phenols is 1. The summed E-state index contributed by atoms with van der Waals surface area (Å²) in [6, 6.07) is 8.94. The van der Waals surface area contributed by atoms with Gasteiger partial charge >= 0.3 is 12.1 Å². The van der Waals surface area contributed by atoms with E-state index in [0.29, 0.717) is 30.8 Å². The SMILES string of the molecule is OCCN(CCCCCCC1=C(c2cc(F)cc(F)c2)CCCc2cc(O)ccc21)CCCSCCCC(F)(F)C(F)(F)F. The Morgan fingerprint density at radius 3 is 2.16 bits per heavy atom. The van der Waals surface area contributed by atoms with Crippen LogP contribution in [-0.4, -0.2) is 65.0 Å². The lowest BCUT2D eigenvalue weighted by Crippen LogP contribution is -2.36. The molecule has 0 unspecified atom stereocenters. The van der Waals surface area contributed by atoms with Crippen LogP contribution < -0.4 is 0 Å². The van der Waals surface area contributed by atoms with Crippen molar-refractivity contribution in [1.29, 1.82) is 0 Å². The van der Waals surface area contributed by atoms with E-state index in [0.717, 1.165) is 86.3 Å². The Morgan fingerprint density at radius 2 is 1.45 bits per heavy atom. The number of hydrogen-bond donors (Lipinski definition) is 2. The molecular formula is C33H42F7NO2S. The number of phenolic OH excluding ortho intramolecular Hbond substituents is 1. The zero-order chi connectivity index (χ0) is 32.2. The molecule has 1 aliphatic carbocycles. The molecule has 0 radical (unpaired) electrons. The monoisotopic (exact) mass is 649 g/mol. The Morgan fingerprint density at radius 1 is 0.773 bits per heavy atom. The summed E-state index contributed by atoms with van der Waals surface area (Å²) in [6.07, 6.45) is 0.497. The Kier molecular flexibility index (Phi) is 14.4. The normalized spacial score (nSPS) is 14.3. The third-order valence-electron chi connectivity index (χ3n) is 7.89. The number of halogens is 7. The number of aliphatic hydroxyl groups excluding tert-OH is 1. The number of benzene rings is 2. The van der Waals surface area contributed by atoms with Crippen molar-refractivity contribution in [2.75, 3.05) is 37.7 Å². The molecule has 2 aromatic carbocycles. The Bertz CT molecular complexity index is 1200. The number of aliphatic hydroxyl groups is 1. The third kappa shape index (κ3) is 11.3. The first-order valence-corrected chi connectivity index (χ1v) is 16.4. The van der Waals surface area contributed by atoms with E-state index < -0.39 is 30.2 Å². The van der Waals surface area contributed by atoms with E-state index in [4.69, 9.17) is 0 Å². The molecule has 0 spiro atoms. The lowest BCUT2D eigenvalue weighted by atomic mass is 9.89. The molecule has 0 amide bonds. The molecule has 11 heteroatoms. The summed E-state index contributed by atoms with van der Waals surface area (Å²) in [4.78, 5) is 2.13. The summed E-state index contributed by atoms with van der Waals surface area (Å²) in [5, 5.41) is 19.5. The van der Waals surface area contributed by atoms with Crippen molar-refractivity contribution in [3.8, 4) is 5.75 Å². The van der Waals surface area contributed by atoms with E-state index in [9.17, 15) is 40.9 Å². The van der Waals surface area contributed by atoms with Gasteiger partial charge in [-0.2, -0.15) is 33.7 Å².